The number of thiazole rings is 1. The fourth-order valence-corrected chi connectivity index (χ4v) is 4.33. The number of aromatic hydroxyl groups is 1. The molecule has 0 aliphatic rings. The third-order valence-electron chi connectivity index (χ3n) is 4.95. The SMILES string of the molecule is CC(C)(C)c1cc(-c2ccccc2)c(O)c(-c2nc(-c3ccccc3Cl)cs2)c1. The summed E-state index contributed by atoms with van der Waals surface area (Å²) in [5, 5.41) is 14.6. The van der Waals surface area contributed by atoms with Crippen LogP contribution in [0.5, 0.6) is 5.75 Å². The van der Waals surface area contributed by atoms with Gasteiger partial charge in [-0.2, -0.15) is 0 Å². The van der Waals surface area contributed by atoms with Crippen molar-refractivity contribution < 1.29 is 5.11 Å². The molecule has 29 heavy (non-hydrogen) atoms. The minimum absolute atomic E-state index is 0.0607. The highest BCUT2D eigenvalue weighted by molar-refractivity contribution is 7.13. The molecule has 0 saturated carbocycles. The van der Waals surface area contributed by atoms with Crippen molar-refractivity contribution in [2.24, 2.45) is 0 Å². The number of phenolic OH excluding ortho intramolecular Hbond substituents is 1. The summed E-state index contributed by atoms with van der Waals surface area (Å²) in [6.45, 7) is 6.53. The van der Waals surface area contributed by atoms with Gasteiger partial charge in [0.25, 0.3) is 0 Å². The van der Waals surface area contributed by atoms with E-state index < -0.39 is 0 Å². The van der Waals surface area contributed by atoms with Crippen molar-refractivity contribution in [2.45, 2.75) is 26.2 Å². The van der Waals surface area contributed by atoms with Crippen LogP contribution >= 0.6 is 22.9 Å². The maximum absolute atomic E-state index is 11.2. The predicted molar refractivity (Wildman–Crippen MR) is 124 cm³/mol. The molecule has 0 bridgehead atoms. The van der Waals surface area contributed by atoms with E-state index in [1.165, 1.54) is 11.3 Å². The molecule has 1 heterocycles. The van der Waals surface area contributed by atoms with Crippen LogP contribution in [0, 0.1) is 0 Å². The van der Waals surface area contributed by atoms with Crippen LogP contribution in [-0.2, 0) is 5.41 Å². The summed E-state index contributed by atoms with van der Waals surface area (Å²) in [6, 6.07) is 21.8. The van der Waals surface area contributed by atoms with Crippen LogP contribution in [0.4, 0.5) is 0 Å². The highest BCUT2D eigenvalue weighted by Crippen LogP contribution is 2.43. The van der Waals surface area contributed by atoms with Gasteiger partial charge < -0.3 is 5.11 Å². The summed E-state index contributed by atoms with van der Waals surface area (Å²) < 4.78 is 0. The number of benzene rings is 3. The molecule has 1 aromatic heterocycles. The third-order valence-corrected chi connectivity index (χ3v) is 6.15. The topological polar surface area (TPSA) is 33.1 Å². The maximum Gasteiger partial charge on any atom is 0.133 e. The molecule has 0 unspecified atom stereocenters. The van der Waals surface area contributed by atoms with Crippen molar-refractivity contribution in [1.29, 1.82) is 0 Å². The van der Waals surface area contributed by atoms with Gasteiger partial charge in [-0.1, -0.05) is 80.9 Å². The highest BCUT2D eigenvalue weighted by atomic mass is 35.5. The largest absolute Gasteiger partial charge is 0.507 e. The van der Waals surface area contributed by atoms with Crippen molar-refractivity contribution in [2.75, 3.05) is 0 Å². The van der Waals surface area contributed by atoms with Crippen LogP contribution in [0.1, 0.15) is 26.3 Å². The van der Waals surface area contributed by atoms with Gasteiger partial charge in [-0.15, -0.1) is 11.3 Å². The Labute approximate surface area is 180 Å². The Morgan fingerprint density at radius 3 is 2.21 bits per heavy atom. The van der Waals surface area contributed by atoms with Crippen molar-refractivity contribution in [3.05, 3.63) is 82.7 Å². The second kappa shape index (κ2) is 7.66. The van der Waals surface area contributed by atoms with E-state index in [1.807, 2.05) is 60.0 Å². The van der Waals surface area contributed by atoms with E-state index >= 15 is 0 Å². The third kappa shape index (κ3) is 3.93. The van der Waals surface area contributed by atoms with Crippen LogP contribution in [0.25, 0.3) is 33.0 Å². The molecule has 0 aliphatic carbocycles. The number of nitrogens with zero attached hydrogens (tertiary/aromatic N) is 1. The molecule has 4 aromatic rings. The number of aromatic nitrogens is 1. The fourth-order valence-electron chi connectivity index (χ4n) is 3.26. The van der Waals surface area contributed by atoms with E-state index in [0.29, 0.717) is 5.02 Å². The molecular weight excluding hydrogens is 398 g/mol. The highest BCUT2D eigenvalue weighted by Gasteiger charge is 2.22. The van der Waals surface area contributed by atoms with Crippen molar-refractivity contribution in [3.63, 3.8) is 0 Å². The van der Waals surface area contributed by atoms with Gasteiger partial charge in [0, 0.05) is 21.5 Å². The molecular formula is C25H22ClNOS. The average Bonchev–Trinajstić information content (AvgIpc) is 3.18. The lowest BCUT2D eigenvalue weighted by atomic mass is 9.83. The van der Waals surface area contributed by atoms with Crippen LogP contribution in [0.3, 0.4) is 0 Å². The Morgan fingerprint density at radius 1 is 0.862 bits per heavy atom. The summed E-state index contributed by atoms with van der Waals surface area (Å²) in [7, 11) is 0. The van der Waals surface area contributed by atoms with Crippen molar-refractivity contribution >= 4 is 22.9 Å². The summed E-state index contributed by atoms with van der Waals surface area (Å²) in [4.78, 5) is 4.80. The second-order valence-electron chi connectivity index (χ2n) is 8.05. The van der Waals surface area contributed by atoms with Crippen LogP contribution in [0.15, 0.2) is 72.1 Å². The number of hydrogen-bond acceptors (Lipinski definition) is 3. The van der Waals surface area contributed by atoms with E-state index in [-0.39, 0.29) is 11.2 Å². The van der Waals surface area contributed by atoms with E-state index in [1.54, 1.807) is 0 Å². The molecule has 0 fully saturated rings. The minimum atomic E-state index is -0.0607. The first-order valence-corrected chi connectivity index (χ1v) is 10.7. The van der Waals surface area contributed by atoms with E-state index in [0.717, 1.165) is 38.5 Å². The molecule has 4 heteroatoms. The molecule has 0 saturated heterocycles. The number of halogens is 1. The predicted octanol–water partition coefficient (Wildman–Crippen LogP) is 7.80. The Morgan fingerprint density at radius 2 is 1.52 bits per heavy atom. The first kappa shape index (κ1) is 19.7. The molecule has 4 rings (SSSR count). The van der Waals surface area contributed by atoms with Crippen LogP contribution in [-0.4, -0.2) is 10.1 Å². The molecule has 0 radical (unpaired) electrons. The molecule has 146 valence electrons. The quantitative estimate of drug-likeness (QED) is 0.367. The molecule has 0 spiro atoms. The molecule has 0 aliphatic heterocycles. The molecule has 3 aromatic carbocycles. The summed E-state index contributed by atoms with van der Waals surface area (Å²) in [5.74, 6) is 0.254. The van der Waals surface area contributed by atoms with Gasteiger partial charge in [-0.25, -0.2) is 4.98 Å². The molecule has 0 atom stereocenters. The first-order valence-electron chi connectivity index (χ1n) is 9.48. The monoisotopic (exact) mass is 419 g/mol. The summed E-state index contributed by atoms with van der Waals surface area (Å²) in [5.41, 5.74) is 5.36. The molecule has 1 N–H and O–H groups in total. The van der Waals surface area contributed by atoms with Gasteiger partial charge in [0.1, 0.15) is 10.8 Å². The van der Waals surface area contributed by atoms with E-state index in [2.05, 4.69) is 32.9 Å². The minimum Gasteiger partial charge on any atom is -0.507 e. The fraction of sp³-hybridized carbons (Fsp3) is 0.160. The lowest BCUT2D eigenvalue weighted by Crippen LogP contribution is -2.11. The zero-order valence-corrected chi connectivity index (χ0v) is 18.2. The van der Waals surface area contributed by atoms with Gasteiger partial charge in [0.05, 0.1) is 11.3 Å². The van der Waals surface area contributed by atoms with Crippen molar-refractivity contribution in [1.82, 2.24) is 4.98 Å². The molecule has 2 nitrogen and oxygen atoms in total. The second-order valence-corrected chi connectivity index (χ2v) is 9.32. The van der Waals surface area contributed by atoms with E-state index in [4.69, 9.17) is 16.6 Å². The number of rotatable bonds is 3. The van der Waals surface area contributed by atoms with Gasteiger partial charge in [-0.05, 0) is 34.7 Å². The molecule has 0 amide bonds. The lowest BCUT2D eigenvalue weighted by molar-refractivity contribution is 0.478. The smallest absolute Gasteiger partial charge is 0.133 e. The Bertz CT molecular complexity index is 1160. The van der Waals surface area contributed by atoms with Gasteiger partial charge in [0.2, 0.25) is 0 Å². The van der Waals surface area contributed by atoms with E-state index in [9.17, 15) is 5.11 Å². The van der Waals surface area contributed by atoms with Gasteiger partial charge in [-0.3, -0.25) is 0 Å². The number of hydrogen-bond donors (Lipinski definition) is 1. The Kier molecular flexibility index (Phi) is 5.20. The van der Waals surface area contributed by atoms with Crippen LogP contribution in [0.2, 0.25) is 5.02 Å². The average molecular weight is 420 g/mol. The maximum atomic E-state index is 11.2. The summed E-state index contributed by atoms with van der Waals surface area (Å²) >= 11 is 7.86. The number of phenols is 1. The van der Waals surface area contributed by atoms with Gasteiger partial charge >= 0.3 is 0 Å². The zero-order chi connectivity index (χ0) is 20.6. The normalized spacial score (nSPS) is 11.6. The first-order chi connectivity index (χ1) is 13.8. The lowest BCUT2D eigenvalue weighted by Gasteiger charge is -2.22. The zero-order valence-electron chi connectivity index (χ0n) is 16.6. The summed E-state index contributed by atoms with van der Waals surface area (Å²) in [6.07, 6.45) is 0. The van der Waals surface area contributed by atoms with Crippen molar-refractivity contribution in [3.8, 4) is 38.7 Å². The Balaban J connectivity index is 1.89. The van der Waals surface area contributed by atoms with Crippen LogP contribution < -0.4 is 0 Å². The Hall–Kier alpha value is -2.62. The standard InChI is InChI=1S/C25H22ClNOS/c1-25(2,3)17-13-19(16-9-5-4-6-10-16)23(28)20(14-17)24-27-22(15-29-24)18-11-7-8-12-21(18)26/h4-15,28H,1-3H3. The van der Waals surface area contributed by atoms with Gasteiger partial charge in [0.15, 0.2) is 0 Å².